The first kappa shape index (κ1) is 12.4. The van der Waals surface area contributed by atoms with Crippen molar-refractivity contribution in [2.75, 3.05) is 27.2 Å². The molecule has 2 unspecified atom stereocenters. The Labute approximate surface area is 84.8 Å². The van der Waals surface area contributed by atoms with E-state index in [-0.39, 0.29) is 0 Å². The predicted molar refractivity (Wildman–Crippen MR) is 59.0 cm³/mol. The number of likely N-dealkylation sites (N-methyl/N-ethyl adjacent to an activating group) is 1. The number of rotatable bonds is 6. The highest BCUT2D eigenvalue weighted by molar-refractivity contribution is 9.09. The monoisotopic (exact) mass is 236 g/mol. The molecule has 2 atom stereocenters. The van der Waals surface area contributed by atoms with Gasteiger partial charge in [-0.3, -0.25) is 0 Å². The fourth-order valence-corrected chi connectivity index (χ4v) is 1.67. The second kappa shape index (κ2) is 6.87. The Kier molecular flexibility index (Phi) is 7.10. The van der Waals surface area contributed by atoms with Gasteiger partial charge in [-0.15, -0.1) is 0 Å². The third-order valence-corrected chi connectivity index (χ3v) is 2.10. The minimum absolute atomic E-state index is 0.610. The van der Waals surface area contributed by atoms with Crippen molar-refractivity contribution < 1.29 is 0 Å². The molecule has 0 aliphatic carbocycles. The number of alkyl halides is 1. The van der Waals surface area contributed by atoms with Gasteiger partial charge in [0.1, 0.15) is 0 Å². The highest BCUT2D eigenvalue weighted by Crippen LogP contribution is 2.05. The number of hydrogen-bond acceptors (Lipinski definition) is 2. The van der Waals surface area contributed by atoms with E-state index in [2.05, 4.69) is 54.1 Å². The first-order valence-electron chi connectivity index (χ1n) is 4.54. The maximum Gasteiger partial charge on any atom is 0.0132 e. The minimum atomic E-state index is 0.610. The summed E-state index contributed by atoms with van der Waals surface area (Å²) in [7, 11) is 4.19. The lowest BCUT2D eigenvalue weighted by Crippen LogP contribution is -2.33. The van der Waals surface area contributed by atoms with Crippen molar-refractivity contribution in [3.05, 3.63) is 0 Å². The summed E-state index contributed by atoms with van der Waals surface area (Å²) in [5.41, 5.74) is 0. The topological polar surface area (TPSA) is 15.3 Å². The molecule has 0 heterocycles. The molecular weight excluding hydrogens is 216 g/mol. The van der Waals surface area contributed by atoms with Gasteiger partial charge in [-0.1, -0.05) is 22.9 Å². The second-order valence-electron chi connectivity index (χ2n) is 3.67. The van der Waals surface area contributed by atoms with Crippen molar-refractivity contribution in [2.24, 2.45) is 0 Å². The summed E-state index contributed by atoms with van der Waals surface area (Å²) in [6, 6.07) is 0.610. The number of nitrogens with zero attached hydrogens (tertiary/aromatic N) is 1. The molecule has 0 saturated heterocycles. The van der Waals surface area contributed by atoms with Gasteiger partial charge in [0.25, 0.3) is 0 Å². The lowest BCUT2D eigenvalue weighted by molar-refractivity contribution is 0.383. The van der Waals surface area contributed by atoms with E-state index in [1.54, 1.807) is 0 Å². The Morgan fingerprint density at radius 2 is 1.92 bits per heavy atom. The zero-order chi connectivity index (χ0) is 9.56. The van der Waals surface area contributed by atoms with Crippen LogP contribution >= 0.6 is 15.9 Å². The average molecular weight is 237 g/mol. The molecule has 0 fully saturated rings. The summed E-state index contributed by atoms with van der Waals surface area (Å²) in [4.78, 5) is 2.80. The molecule has 2 nitrogen and oxygen atoms in total. The fourth-order valence-electron chi connectivity index (χ4n) is 1.11. The van der Waals surface area contributed by atoms with E-state index < -0.39 is 0 Å². The van der Waals surface area contributed by atoms with E-state index in [1.165, 1.54) is 6.42 Å². The van der Waals surface area contributed by atoms with Gasteiger partial charge in [0, 0.05) is 24.0 Å². The van der Waals surface area contributed by atoms with Crippen molar-refractivity contribution >= 4 is 15.9 Å². The van der Waals surface area contributed by atoms with E-state index >= 15 is 0 Å². The van der Waals surface area contributed by atoms with Crippen LogP contribution in [-0.2, 0) is 0 Å². The van der Waals surface area contributed by atoms with E-state index in [0.717, 1.165) is 13.1 Å². The van der Waals surface area contributed by atoms with Gasteiger partial charge in [0.2, 0.25) is 0 Å². The summed E-state index contributed by atoms with van der Waals surface area (Å²) in [5, 5.41) is 3.47. The van der Waals surface area contributed by atoms with E-state index in [0.29, 0.717) is 10.9 Å². The molecule has 0 aliphatic rings. The van der Waals surface area contributed by atoms with Crippen LogP contribution in [0.15, 0.2) is 0 Å². The summed E-state index contributed by atoms with van der Waals surface area (Å²) >= 11 is 3.55. The molecule has 12 heavy (non-hydrogen) atoms. The van der Waals surface area contributed by atoms with Crippen LogP contribution < -0.4 is 5.32 Å². The Morgan fingerprint density at radius 3 is 2.33 bits per heavy atom. The Balaban J connectivity index is 3.25. The minimum Gasteiger partial charge on any atom is -0.313 e. The van der Waals surface area contributed by atoms with Gasteiger partial charge in [0.15, 0.2) is 0 Å². The van der Waals surface area contributed by atoms with Gasteiger partial charge in [-0.05, 0) is 27.4 Å². The zero-order valence-electron chi connectivity index (χ0n) is 8.60. The van der Waals surface area contributed by atoms with Crippen LogP contribution in [0.25, 0.3) is 0 Å². The Hall–Kier alpha value is 0.400. The third kappa shape index (κ3) is 8.50. The van der Waals surface area contributed by atoms with Crippen LogP contribution in [0.3, 0.4) is 0 Å². The maximum absolute atomic E-state index is 3.55. The third-order valence-electron chi connectivity index (χ3n) is 1.73. The quantitative estimate of drug-likeness (QED) is 0.707. The van der Waals surface area contributed by atoms with Gasteiger partial charge in [-0.2, -0.15) is 0 Å². The standard InChI is InChI=1S/C9H21BrN2/c1-8(10)7-9(2)11-5-6-12(3)4/h8-9,11H,5-7H2,1-4H3. The molecule has 0 saturated carbocycles. The Bertz CT molecular complexity index is 105. The largest absolute Gasteiger partial charge is 0.313 e. The van der Waals surface area contributed by atoms with Crippen LogP contribution in [0.2, 0.25) is 0 Å². The van der Waals surface area contributed by atoms with Crippen molar-refractivity contribution in [2.45, 2.75) is 31.1 Å². The SMILES string of the molecule is CC(Br)CC(C)NCCN(C)C. The molecule has 1 N–H and O–H groups in total. The van der Waals surface area contributed by atoms with Gasteiger partial charge >= 0.3 is 0 Å². The smallest absolute Gasteiger partial charge is 0.0132 e. The molecule has 0 aromatic rings. The van der Waals surface area contributed by atoms with Crippen LogP contribution in [0.4, 0.5) is 0 Å². The molecule has 0 amide bonds. The van der Waals surface area contributed by atoms with Crippen molar-refractivity contribution in [3.8, 4) is 0 Å². The molecule has 0 rings (SSSR count). The average Bonchev–Trinajstić information content (AvgIpc) is 1.84. The first-order chi connectivity index (χ1) is 5.52. The molecule has 0 aromatic carbocycles. The molecule has 0 bridgehead atoms. The second-order valence-corrected chi connectivity index (χ2v) is 5.24. The summed E-state index contributed by atoms with van der Waals surface area (Å²) in [6.07, 6.45) is 1.19. The van der Waals surface area contributed by atoms with E-state index in [1.807, 2.05) is 0 Å². The maximum atomic E-state index is 3.55. The summed E-state index contributed by atoms with van der Waals surface area (Å²) < 4.78 is 0. The van der Waals surface area contributed by atoms with Crippen molar-refractivity contribution in [1.29, 1.82) is 0 Å². The van der Waals surface area contributed by atoms with Crippen LogP contribution in [-0.4, -0.2) is 43.0 Å². The van der Waals surface area contributed by atoms with E-state index in [9.17, 15) is 0 Å². The molecule has 74 valence electrons. The van der Waals surface area contributed by atoms with Gasteiger partial charge < -0.3 is 10.2 Å². The number of nitrogens with one attached hydrogen (secondary N) is 1. The molecule has 0 radical (unpaired) electrons. The lowest BCUT2D eigenvalue weighted by atomic mass is 10.2. The van der Waals surface area contributed by atoms with Crippen LogP contribution in [0.1, 0.15) is 20.3 Å². The van der Waals surface area contributed by atoms with Crippen molar-refractivity contribution in [3.63, 3.8) is 0 Å². The fraction of sp³-hybridized carbons (Fsp3) is 1.00. The number of halogens is 1. The normalized spacial score (nSPS) is 16.5. The lowest BCUT2D eigenvalue weighted by Gasteiger charge is -2.16. The molecule has 3 heteroatoms. The summed E-state index contributed by atoms with van der Waals surface area (Å²) in [5.74, 6) is 0. The van der Waals surface area contributed by atoms with Crippen LogP contribution in [0.5, 0.6) is 0 Å². The zero-order valence-corrected chi connectivity index (χ0v) is 10.2. The first-order valence-corrected chi connectivity index (χ1v) is 5.46. The number of hydrogen-bond donors (Lipinski definition) is 1. The van der Waals surface area contributed by atoms with Gasteiger partial charge in [0.05, 0.1) is 0 Å². The van der Waals surface area contributed by atoms with Crippen molar-refractivity contribution in [1.82, 2.24) is 10.2 Å². The highest BCUT2D eigenvalue weighted by Gasteiger charge is 2.04. The van der Waals surface area contributed by atoms with E-state index in [4.69, 9.17) is 0 Å². The Morgan fingerprint density at radius 1 is 1.33 bits per heavy atom. The molecular formula is C9H21BrN2. The van der Waals surface area contributed by atoms with Crippen LogP contribution in [0, 0.1) is 0 Å². The molecule has 0 spiro atoms. The molecule has 0 aliphatic heterocycles. The predicted octanol–water partition coefficient (Wildman–Crippen LogP) is 1.70. The van der Waals surface area contributed by atoms with Gasteiger partial charge in [-0.25, -0.2) is 0 Å². The summed E-state index contributed by atoms with van der Waals surface area (Å²) in [6.45, 7) is 6.60. The highest BCUT2D eigenvalue weighted by atomic mass is 79.9. The molecule has 0 aromatic heterocycles.